The molecule has 0 radical (unpaired) electrons. The summed E-state index contributed by atoms with van der Waals surface area (Å²) in [5.74, 6) is 0.200. The molecule has 1 aromatic heterocycles. The summed E-state index contributed by atoms with van der Waals surface area (Å²) in [6, 6.07) is 14.2. The molecule has 7 nitrogen and oxygen atoms in total. The topological polar surface area (TPSA) is 74.9 Å². The van der Waals surface area contributed by atoms with Crippen molar-refractivity contribution in [1.29, 1.82) is 0 Å². The number of para-hydroxylation sites is 1. The Bertz CT molecular complexity index is 1260. The van der Waals surface area contributed by atoms with Gasteiger partial charge in [0.25, 0.3) is 11.8 Å². The summed E-state index contributed by atoms with van der Waals surface area (Å²) >= 11 is 0. The minimum absolute atomic E-state index is 0.0984. The van der Waals surface area contributed by atoms with Crippen molar-refractivity contribution in [2.24, 2.45) is 0 Å². The largest absolute Gasteiger partial charge is 0.491 e. The Kier molecular flexibility index (Phi) is 6.96. The fourth-order valence-corrected chi connectivity index (χ4v) is 5.26. The number of aryl methyl sites for hydroxylation is 1. The Balaban J connectivity index is 1.38. The molecule has 2 aliphatic rings. The van der Waals surface area contributed by atoms with Crippen molar-refractivity contribution >= 4 is 22.7 Å². The van der Waals surface area contributed by atoms with Crippen molar-refractivity contribution in [3.8, 4) is 5.75 Å². The average Bonchev–Trinajstić information content (AvgIpc) is 3.32. The van der Waals surface area contributed by atoms with Gasteiger partial charge in [-0.05, 0) is 68.5 Å². The number of morpholine rings is 1. The molecule has 2 aromatic carbocycles. The van der Waals surface area contributed by atoms with Crippen LogP contribution >= 0.6 is 0 Å². The molecule has 1 unspecified atom stereocenters. The van der Waals surface area contributed by atoms with Crippen LogP contribution in [-0.2, 0) is 16.0 Å². The number of rotatable bonds is 2. The molecule has 1 atom stereocenters. The van der Waals surface area contributed by atoms with Crippen LogP contribution in [0.15, 0.2) is 48.5 Å². The lowest BCUT2D eigenvalue weighted by Gasteiger charge is -2.44. The van der Waals surface area contributed by atoms with Gasteiger partial charge in [-0.25, -0.2) is 4.39 Å². The molecule has 3 heterocycles. The first-order valence-electron chi connectivity index (χ1n) is 12.7. The van der Waals surface area contributed by atoms with Crippen molar-refractivity contribution in [3.63, 3.8) is 0 Å². The lowest BCUT2D eigenvalue weighted by atomic mass is 9.91. The van der Waals surface area contributed by atoms with Gasteiger partial charge < -0.3 is 24.3 Å². The van der Waals surface area contributed by atoms with E-state index in [0.29, 0.717) is 43.9 Å². The predicted molar refractivity (Wildman–Crippen MR) is 135 cm³/mol. The maximum Gasteiger partial charge on any atom is 0.270 e. The van der Waals surface area contributed by atoms with E-state index in [4.69, 9.17) is 9.47 Å². The molecule has 1 N–H and O–H groups in total. The molecule has 0 aliphatic carbocycles. The highest BCUT2D eigenvalue weighted by molar-refractivity contribution is 5.98. The van der Waals surface area contributed by atoms with Crippen molar-refractivity contribution < 1.29 is 23.5 Å². The Hall–Kier alpha value is -3.39. The molecule has 2 amide bonds. The summed E-state index contributed by atoms with van der Waals surface area (Å²) in [6.45, 7) is 4.15. The number of carbonyl (C=O) groups is 2. The summed E-state index contributed by atoms with van der Waals surface area (Å²) in [7, 11) is 0. The van der Waals surface area contributed by atoms with E-state index in [1.165, 1.54) is 12.1 Å². The fraction of sp³-hybridized carbons (Fsp3) is 0.429. The van der Waals surface area contributed by atoms with E-state index in [9.17, 15) is 14.0 Å². The Morgan fingerprint density at radius 1 is 1.11 bits per heavy atom. The second-order valence-electron chi connectivity index (χ2n) is 9.53. The summed E-state index contributed by atoms with van der Waals surface area (Å²) in [5, 5.41) is 0.766. The number of nitrogens with zero attached hydrogens (tertiary/aromatic N) is 2. The van der Waals surface area contributed by atoms with Crippen LogP contribution in [0.2, 0.25) is 0 Å². The highest BCUT2D eigenvalue weighted by atomic mass is 19.1. The van der Waals surface area contributed by atoms with E-state index in [2.05, 4.69) is 11.1 Å². The minimum atomic E-state index is -1.10. The molecule has 0 bridgehead atoms. The minimum Gasteiger partial charge on any atom is -0.491 e. The molecule has 1 fully saturated rings. The number of halogens is 1. The number of aromatic amines is 1. The first-order valence-corrected chi connectivity index (χ1v) is 12.7. The molecule has 2 aliphatic heterocycles. The van der Waals surface area contributed by atoms with Gasteiger partial charge in [0.05, 0.1) is 19.7 Å². The lowest BCUT2D eigenvalue weighted by Crippen LogP contribution is -2.62. The third kappa shape index (κ3) is 4.82. The third-order valence-corrected chi connectivity index (χ3v) is 7.21. The molecule has 8 heteroatoms. The second kappa shape index (κ2) is 10.3. The van der Waals surface area contributed by atoms with Gasteiger partial charge in [-0.15, -0.1) is 0 Å². The monoisotopic (exact) mass is 493 g/mol. The number of H-pyrrole nitrogens is 1. The van der Waals surface area contributed by atoms with Crippen LogP contribution in [0.1, 0.15) is 42.2 Å². The van der Waals surface area contributed by atoms with Crippen LogP contribution in [0, 0.1) is 5.82 Å². The highest BCUT2D eigenvalue weighted by Gasteiger charge is 2.46. The van der Waals surface area contributed by atoms with Crippen LogP contribution < -0.4 is 4.74 Å². The number of fused-ring (bicyclic) bond motifs is 2. The number of hydrogen-bond acceptors (Lipinski definition) is 4. The zero-order valence-corrected chi connectivity index (χ0v) is 20.6. The number of aromatic nitrogens is 1. The summed E-state index contributed by atoms with van der Waals surface area (Å²) in [5.41, 5.74) is 1.02. The van der Waals surface area contributed by atoms with Crippen LogP contribution in [0.4, 0.5) is 4.39 Å². The molecule has 3 aromatic rings. The number of carbonyl (C=O) groups excluding carboxylic acids is 2. The lowest BCUT2D eigenvalue weighted by molar-refractivity contribution is -0.170. The number of ether oxygens (including phenoxy) is 2. The van der Waals surface area contributed by atoms with E-state index in [0.717, 1.165) is 36.0 Å². The van der Waals surface area contributed by atoms with Crippen molar-refractivity contribution in [2.75, 3.05) is 39.4 Å². The Labute approximate surface area is 210 Å². The van der Waals surface area contributed by atoms with Gasteiger partial charge in [0, 0.05) is 24.0 Å². The van der Waals surface area contributed by atoms with Crippen LogP contribution in [0.3, 0.4) is 0 Å². The summed E-state index contributed by atoms with van der Waals surface area (Å²) in [4.78, 5) is 33.8. The van der Waals surface area contributed by atoms with Crippen molar-refractivity contribution in [2.45, 2.75) is 38.2 Å². The third-order valence-electron chi connectivity index (χ3n) is 7.21. The van der Waals surface area contributed by atoms with Crippen LogP contribution in [-0.4, -0.2) is 71.6 Å². The van der Waals surface area contributed by atoms with Gasteiger partial charge in [0.1, 0.15) is 23.9 Å². The smallest absolute Gasteiger partial charge is 0.270 e. The quantitative estimate of drug-likeness (QED) is 0.582. The predicted octanol–water partition coefficient (Wildman–Crippen LogP) is 4.17. The van der Waals surface area contributed by atoms with Crippen LogP contribution in [0.25, 0.3) is 10.9 Å². The van der Waals surface area contributed by atoms with E-state index >= 15 is 0 Å². The van der Waals surface area contributed by atoms with E-state index in [-0.39, 0.29) is 30.8 Å². The van der Waals surface area contributed by atoms with Gasteiger partial charge in [-0.1, -0.05) is 18.2 Å². The zero-order chi connectivity index (χ0) is 25.1. The maximum absolute atomic E-state index is 13.9. The number of nitrogens with one attached hydrogen (secondary N) is 1. The molecule has 5 rings (SSSR count). The van der Waals surface area contributed by atoms with Gasteiger partial charge in [-0.3, -0.25) is 9.59 Å². The van der Waals surface area contributed by atoms with Crippen molar-refractivity contribution in [1.82, 2.24) is 14.8 Å². The zero-order valence-electron chi connectivity index (χ0n) is 20.6. The summed E-state index contributed by atoms with van der Waals surface area (Å²) in [6.07, 6.45) is 3.05. The molecule has 190 valence electrons. The summed E-state index contributed by atoms with van der Waals surface area (Å²) < 4.78 is 25.9. The van der Waals surface area contributed by atoms with Gasteiger partial charge in [-0.2, -0.15) is 0 Å². The first-order chi connectivity index (χ1) is 17.5. The number of benzene rings is 2. The fourth-order valence-electron chi connectivity index (χ4n) is 5.26. The molecular formula is C28H32FN3O4. The maximum atomic E-state index is 13.9. The number of hydrogen-bond donors (Lipinski definition) is 1. The van der Waals surface area contributed by atoms with Crippen molar-refractivity contribution in [3.05, 3.63) is 65.6 Å². The van der Waals surface area contributed by atoms with Gasteiger partial charge >= 0.3 is 0 Å². The van der Waals surface area contributed by atoms with E-state index < -0.39 is 5.60 Å². The molecule has 36 heavy (non-hydrogen) atoms. The molecule has 1 saturated heterocycles. The van der Waals surface area contributed by atoms with Gasteiger partial charge in [0.15, 0.2) is 5.60 Å². The number of likely N-dealkylation sites (N-methyl/N-ethyl adjacent to an activating group) is 1. The Morgan fingerprint density at radius 2 is 1.97 bits per heavy atom. The molecule has 1 spiro atoms. The molecular weight excluding hydrogens is 461 g/mol. The van der Waals surface area contributed by atoms with E-state index in [1.54, 1.807) is 21.9 Å². The average molecular weight is 494 g/mol. The number of amides is 2. The first kappa shape index (κ1) is 24.3. The Morgan fingerprint density at radius 3 is 2.83 bits per heavy atom. The molecule has 0 saturated carbocycles. The normalized spacial score (nSPS) is 21.6. The SMILES string of the molecule is CCN1CCOc2ccccc2CCCCC2(CN(C(=O)c3cc4ccc(F)cc4[nH]3)CCO2)C1=O. The second-order valence-corrected chi connectivity index (χ2v) is 9.53. The standard InChI is InChI=1S/C28H32FN3O4/c1-2-31-13-15-35-25-9-4-3-7-20(25)8-5-6-12-28(27(31)34)19-32(14-16-36-28)26(33)24-17-21-10-11-22(29)18-23(21)30-24/h3-4,7,9-11,17-18,30H,2,5-6,8,12-16,19H2,1H3. The van der Waals surface area contributed by atoms with E-state index in [1.807, 2.05) is 25.1 Å². The van der Waals surface area contributed by atoms with Crippen LogP contribution in [0.5, 0.6) is 5.75 Å². The van der Waals surface area contributed by atoms with Gasteiger partial charge in [0.2, 0.25) is 0 Å². The highest BCUT2D eigenvalue weighted by Crippen LogP contribution is 2.30.